The molecule has 6 heteroatoms. The quantitative estimate of drug-likeness (QED) is 0.860. The zero-order valence-electron chi connectivity index (χ0n) is 13.2. The number of carbonyl (C=O) groups is 3. The van der Waals surface area contributed by atoms with Gasteiger partial charge in [-0.2, -0.15) is 0 Å². The maximum atomic E-state index is 12.1. The van der Waals surface area contributed by atoms with Crippen LogP contribution in [0.3, 0.4) is 0 Å². The van der Waals surface area contributed by atoms with Crippen molar-refractivity contribution in [2.45, 2.75) is 26.2 Å². The number of amides is 2. The van der Waals surface area contributed by atoms with E-state index >= 15 is 0 Å². The predicted molar refractivity (Wildman–Crippen MR) is 85.1 cm³/mol. The Morgan fingerprint density at radius 2 is 2.13 bits per heavy atom. The van der Waals surface area contributed by atoms with E-state index in [2.05, 4.69) is 5.32 Å². The number of likely N-dealkylation sites (tertiary alicyclic amines) is 1. The highest BCUT2D eigenvalue weighted by molar-refractivity contribution is 5.94. The lowest BCUT2D eigenvalue weighted by molar-refractivity contribution is -0.145. The Balaban J connectivity index is 1.78. The second-order valence-electron chi connectivity index (χ2n) is 5.89. The van der Waals surface area contributed by atoms with Gasteiger partial charge in [-0.25, -0.2) is 0 Å². The third-order valence-electron chi connectivity index (χ3n) is 4.03. The van der Waals surface area contributed by atoms with Crippen molar-refractivity contribution in [1.82, 2.24) is 10.2 Å². The Bertz CT molecular complexity index is 600. The molecule has 1 heterocycles. The van der Waals surface area contributed by atoms with Gasteiger partial charge in [-0.15, -0.1) is 0 Å². The van der Waals surface area contributed by atoms with Crippen LogP contribution in [0.1, 0.15) is 35.2 Å². The second-order valence-corrected chi connectivity index (χ2v) is 5.89. The van der Waals surface area contributed by atoms with Crippen molar-refractivity contribution >= 4 is 17.8 Å². The molecule has 2 N–H and O–H groups in total. The normalized spacial score (nSPS) is 17.6. The summed E-state index contributed by atoms with van der Waals surface area (Å²) in [5.74, 6) is -1.64. The first kappa shape index (κ1) is 17.0. The van der Waals surface area contributed by atoms with Crippen LogP contribution >= 0.6 is 0 Å². The summed E-state index contributed by atoms with van der Waals surface area (Å²) >= 11 is 0. The Morgan fingerprint density at radius 1 is 1.35 bits per heavy atom. The van der Waals surface area contributed by atoms with Crippen LogP contribution in [0.5, 0.6) is 0 Å². The van der Waals surface area contributed by atoms with Crippen LogP contribution in [0.4, 0.5) is 0 Å². The molecule has 1 atom stereocenters. The van der Waals surface area contributed by atoms with Crippen molar-refractivity contribution < 1.29 is 19.5 Å². The number of aliphatic carboxylic acids is 1. The molecule has 1 aliphatic heterocycles. The van der Waals surface area contributed by atoms with Gasteiger partial charge in [0, 0.05) is 31.6 Å². The summed E-state index contributed by atoms with van der Waals surface area (Å²) in [6, 6.07) is 7.25. The van der Waals surface area contributed by atoms with Gasteiger partial charge in [0.1, 0.15) is 0 Å². The van der Waals surface area contributed by atoms with Gasteiger partial charge in [-0.05, 0) is 31.9 Å². The van der Waals surface area contributed by atoms with Gasteiger partial charge >= 0.3 is 5.97 Å². The molecule has 1 aromatic carbocycles. The first-order valence-electron chi connectivity index (χ1n) is 7.83. The summed E-state index contributed by atoms with van der Waals surface area (Å²) in [6.07, 6.45) is 1.51. The Hall–Kier alpha value is -2.37. The number of benzene rings is 1. The molecule has 0 spiro atoms. The molecule has 6 nitrogen and oxygen atoms in total. The standard InChI is InChI=1S/C17H22N2O4/c1-12-4-2-5-13(10-12)16(21)18-8-7-15(20)19-9-3-6-14(11-19)17(22)23/h2,4-5,10,14H,3,6-9,11H2,1H3,(H,18,21)(H,22,23)/t14-/m1/s1. The van der Waals surface area contributed by atoms with E-state index in [1.807, 2.05) is 19.1 Å². The van der Waals surface area contributed by atoms with Gasteiger partial charge in [-0.1, -0.05) is 17.7 Å². The number of nitrogens with zero attached hydrogens (tertiary/aromatic N) is 1. The van der Waals surface area contributed by atoms with Crippen molar-refractivity contribution in [2.24, 2.45) is 5.92 Å². The molecule has 0 bridgehead atoms. The van der Waals surface area contributed by atoms with E-state index < -0.39 is 11.9 Å². The van der Waals surface area contributed by atoms with Crippen molar-refractivity contribution in [2.75, 3.05) is 19.6 Å². The molecule has 1 fully saturated rings. The molecule has 0 aliphatic carbocycles. The van der Waals surface area contributed by atoms with E-state index in [1.54, 1.807) is 17.0 Å². The first-order valence-corrected chi connectivity index (χ1v) is 7.83. The fourth-order valence-electron chi connectivity index (χ4n) is 2.73. The highest BCUT2D eigenvalue weighted by Gasteiger charge is 2.27. The van der Waals surface area contributed by atoms with Gasteiger partial charge < -0.3 is 15.3 Å². The fraction of sp³-hybridized carbons (Fsp3) is 0.471. The van der Waals surface area contributed by atoms with Crippen LogP contribution in [0.25, 0.3) is 0 Å². The Labute approximate surface area is 135 Å². The van der Waals surface area contributed by atoms with E-state index in [0.29, 0.717) is 24.9 Å². The largest absolute Gasteiger partial charge is 0.481 e. The number of piperidine rings is 1. The maximum absolute atomic E-state index is 12.1. The molecule has 2 rings (SSSR count). The second kappa shape index (κ2) is 7.76. The van der Waals surface area contributed by atoms with Crippen molar-refractivity contribution in [1.29, 1.82) is 0 Å². The number of carbonyl (C=O) groups excluding carboxylic acids is 2. The monoisotopic (exact) mass is 318 g/mol. The molecule has 0 saturated carbocycles. The lowest BCUT2D eigenvalue weighted by atomic mass is 9.98. The highest BCUT2D eigenvalue weighted by atomic mass is 16.4. The van der Waals surface area contributed by atoms with Gasteiger partial charge in [0.25, 0.3) is 5.91 Å². The highest BCUT2D eigenvalue weighted by Crippen LogP contribution is 2.17. The third kappa shape index (κ3) is 4.81. The first-order chi connectivity index (χ1) is 11.0. The molecule has 2 amide bonds. The molecule has 1 saturated heterocycles. The zero-order valence-corrected chi connectivity index (χ0v) is 13.2. The number of rotatable bonds is 5. The van der Waals surface area contributed by atoms with E-state index in [0.717, 1.165) is 5.56 Å². The predicted octanol–water partition coefficient (Wildman–Crippen LogP) is 1.44. The SMILES string of the molecule is Cc1cccc(C(=O)NCCC(=O)N2CCC[C@@H](C(=O)O)C2)c1. The summed E-state index contributed by atoms with van der Waals surface area (Å²) < 4.78 is 0. The van der Waals surface area contributed by atoms with Crippen LogP contribution in [0.15, 0.2) is 24.3 Å². The molecule has 124 valence electrons. The minimum absolute atomic E-state index is 0.111. The van der Waals surface area contributed by atoms with E-state index in [-0.39, 0.29) is 31.3 Å². The smallest absolute Gasteiger partial charge is 0.308 e. The van der Waals surface area contributed by atoms with Gasteiger partial charge in [-0.3, -0.25) is 14.4 Å². The Kier molecular flexibility index (Phi) is 5.73. The molecule has 0 unspecified atom stereocenters. The molecule has 0 aromatic heterocycles. The zero-order chi connectivity index (χ0) is 16.8. The average Bonchev–Trinajstić information content (AvgIpc) is 2.54. The van der Waals surface area contributed by atoms with E-state index in [1.165, 1.54) is 0 Å². The van der Waals surface area contributed by atoms with Crippen molar-refractivity contribution in [3.8, 4) is 0 Å². The van der Waals surface area contributed by atoms with Crippen molar-refractivity contribution in [3.05, 3.63) is 35.4 Å². The van der Waals surface area contributed by atoms with E-state index in [4.69, 9.17) is 5.11 Å². The lowest BCUT2D eigenvalue weighted by Crippen LogP contribution is -2.43. The number of hydrogen-bond donors (Lipinski definition) is 2. The molecule has 23 heavy (non-hydrogen) atoms. The average molecular weight is 318 g/mol. The van der Waals surface area contributed by atoms with Gasteiger partial charge in [0.2, 0.25) is 5.91 Å². The molecule has 0 radical (unpaired) electrons. The molecule has 1 aliphatic rings. The third-order valence-corrected chi connectivity index (χ3v) is 4.03. The minimum atomic E-state index is -0.852. The number of hydrogen-bond acceptors (Lipinski definition) is 3. The Morgan fingerprint density at radius 3 is 2.83 bits per heavy atom. The van der Waals surface area contributed by atoms with Crippen LogP contribution in [0, 0.1) is 12.8 Å². The number of nitrogens with one attached hydrogen (secondary N) is 1. The minimum Gasteiger partial charge on any atom is -0.481 e. The topological polar surface area (TPSA) is 86.7 Å². The van der Waals surface area contributed by atoms with Gasteiger partial charge in [0.15, 0.2) is 0 Å². The summed E-state index contributed by atoms with van der Waals surface area (Å²) in [4.78, 5) is 36.7. The number of carboxylic acid groups (broad SMARTS) is 1. The number of aryl methyl sites for hydroxylation is 1. The van der Waals surface area contributed by atoms with Crippen molar-refractivity contribution in [3.63, 3.8) is 0 Å². The summed E-state index contributed by atoms with van der Waals surface area (Å²) in [5.41, 5.74) is 1.57. The molecular formula is C17H22N2O4. The van der Waals surface area contributed by atoms with Crippen LogP contribution in [0.2, 0.25) is 0 Å². The van der Waals surface area contributed by atoms with Gasteiger partial charge in [0.05, 0.1) is 5.92 Å². The molecular weight excluding hydrogens is 296 g/mol. The van der Waals surface area contributed by atoms with Crippen LogP contribution in [-0.2, 0) is 9.59 Å². The maximum Gasteiger partial charge on any atom is 0.308 e. The van der Waals surface area contributed by atoms with Crippen LogP contribution < -0.4 is 5.32 Å². The summed E-state index contributed by atoms with van der Waals surface area (Å²) in [7, 11) is 0. The fourth-order valence-corrected chi connectivity index (χ4v) is 2.73. The summed E-state index contributed by atoms with van der Waals surface area (Å²) in [6.45, 7) is 3.02. The van der Waals surface area contributed by atoms with Crippen LogP contribution in [-0.4, -0.2) is 47.4 Å². The number of carboxylic acids is 1. The summed E-state index contributed by atoms with van der Waals surface area (Å²) in [5, 5.41) is 11.8. The lowest BCUT2D eigenvalue weighted by Gasteiger charge is -2.30. The molecule has 1 aromatic rings. The van der Waals surface area contributed by atoms with E-state index in [9.17, 15) is 14.4 Å².